The van der Waals surface area contributed by atoms with Crippen molar-refractivity contribution in [3.05, 3.63) is 17.2 Å². The van der Waals surface area contributed by atoms with Crippen LogP contribution in [0.1, 0.15) is 55.2 Å². The van der Waals surface area contributed by atoms with Crippen LogP contribution >= 0.6 is 0 Å². The third kappa shape index (κ3) is 2.52. The Kier molecular flexibility index (Phi) is 3.55. The number of aromatic nitrogens is 2. The highest BCUT2D eigenvalue weighted by Crippen LogP contribution is 2.33. The number of hydrogen-bond donors (Lipinski definition) is 2. The summed E-state index contributed by atoms with van der Waals surface area (Å²) >= 11 is 0. The molecule has 0 radical (unpaired) electrons. The molecule has 3 N–H and O–H groups in total. The van der Waals surface area contributed by atoms with Crippen LogP contribution in [0.4, 0.5) is 0 Å². The summed E-state index contributed by atoms with van der Waals surface area (Å²) in [6, 6.07) is 0. The van der Waals surface area contributed by atoms with E-state index in [4.69, 9.17) is 10.7 Å². The van der Waals surface area contributed by atoms with Crippen LogP contribution in [0.25, 0.3) is 0 Å². The van der Waals surface area contributed by atoms with Gasteiger partial charge in [0.05, 0.1) is 5.69 Å². The Morgan fingerprint density at radius 3 is 2.89 bits per heavy atom. The maximum Gasteiger partial charge on any atom is 0.237 e. The summed E-state index contributed by atoms with van der Waals surface area (Å²) in [5.41, 5.74) is 7.75. The van der Waals surface area contributed by atoms with Crippen LogP contribution in [0.3, 0.4) is 0 Å². The van der Waals surface area contributed by atoms with Gasteiger partial charge in [-0.15, -0.1) is 0 Å². The minimum atomic E-state index is -0.268. The van der Waals surface area contributed by atoms with Crippen LogP contribution in [0, 0.1) is 0 Å². The minimum Gasteiger partial charge on any atom is -0.368 e. The van der Waals surface area contributed by atoms with E-state index in [-0.39, 0.29) is 12.5 Å². The maximum absolute atomic E-state index is 11.3. The number of hydrogen-bond acceptors (Lipinski definition) is 3. The van der Waals surface area contributed by atoms with Crippen molar-refractivity contribution >= 4 is 5.91 Å². The normalized spacial score (nSPS) is 20.2. The van der Waals surface area contributed by atoms with E-state index in [0.717, 1.165) is 31.0 Å². The lowest BCUT2D eigenvalue weighted by Gasteiger charge is -2.22. The first-order chi connectivity index (χ1) is 9.25. The Morgan fingerprint density at radius 1 is 1.37 bits per heavy atom. The molecule has 0 aromatic carbocycles. The summed E-state index contributed by atoms with van der Waals surface area (Å²) in [5.74, 6) is 1.35. The topological polar surface area (TPSA) is 72.9 Å². The first-order valence-electron chi connectivity index (χ1n) is 7.33. The minimum absolute atomic E-state index is 0.268. The van der Waals surface area contributed by atoms with Crippen molar-refractivity contribution in [2.45, 2.75) is 57.5 Å². The molecule has 19 heavy (non-hydrogen) atoms. The highest BCUT2D eigenvalue weighted by atomic mass is 16.1. The Bertz CT molecular complexity index is 474. The summed E-state index contributed by atoms with van der Waals surface area (Å²) in [6.07, 6.45) is 7.22. The number of imidazole rings is 1. The van der Waals surface area contributed by atoms with E-state index < -0.39 is 0 Å². The molecule has 0 bridgehead atoms. The van der Waals surface area contributed by atoms with Crippen LogP contribution < -0.4 is 11.1 Å². The van der Waals surface area contributed by atoms with Crippen molar-refractivity contribution in [1.82, 2.24) is 14.9 Å². The van der Waals surface area contributed by atoms with Crippen LogP contribution in [-0.4, -0.2) is 22.0 Å². The first-order valence-corrected chi connectivity index (χ1v) is 7.33. The zero-order valence-corrected chi connectivity index (χ0v) is 11.3. The van der Waals surface area contributed by atoms with E-state index >= 15 is 0 Å². The molecule has 3 rings (SSSR count). The van der Waals surface area contributed by atoms with Crippen LogP contribution in [0.5, 0.6) is 0 Å². The summed E-state index contributed by atoms with van der Waals surface area (Å²) < 4.78 is 2.11. The Hall–Kier alpha value is -1.36. The molecule has 1 fully saturated rings. The average Bonchev–Trinajstić information content (AvgIpc) is 2.78. The van der Waals surface area contributed by atoms with Gasteiger partial charge in [0.25, 0.3) is 0 Å². The molecule has 0 atom stereocenters. The second-order valence-electron chi connectivity index (χ2n) is 5.68. The fourth-order valence-electron chi connectivity index (χ4n) is 3.40. The lowest BCUT2D eigenvalue weighted by atomic mass is 9.88. The van der Waals surface area contributed by atoms with Crippen LogP contribution in [0.2, 0.25) is 0 Å². The van der Waals surface area contributed by atoms with Gasteiger partial charge in [-0.25, -0.2) is 4.98 Å². The molecule has 1 aromatic rings. The third-order valence-electron chi connectivity index (χ3n) is 4.30. The van der Waals surface area contributed by atoms with E-state index in [2.05, 4.69) is 9.88 Å². The summed E-state index contributed by atoms with van der Waals surface area (Å²) in [7, 11) is 0. The average molecular weight is 262 g/mol. The summed E-state index contributed by atoms with van der Waals surface area (Å²) in [5, 5.41) is 3.35. The largest absolute Gasteiger partial charge is 0.368 e. The van der Waals surface area contributed by atoms with Gasteiger partial charge in [0.2, 0.25) is 5.91 Å². The van der Waals surface area contributed by atoms with Gasteiger partial charge in [0, 0.05) is 31.1 Å². The summed E-state index contributed by atoms with van der Waals surface area (Å²) in [6.45, 7) is 2.07. The Balaban J connectivity index is 1.96. The van der Waals surface area contributed by atoms with Crippen molar-refractivity contribution in [2.75, 3.05) is 6.54 Å². The molecular weight excluding hydrogens is 240 g/mol. The van der Waals surface area contributed by atoms with E-state index in [9.17, 15) is 4.79 Å². The van der Waals surface area contributed by atoms with Crippen LogP contribution in [-0.2, 0) is 24.3 Å². The summed E-state index contributed by atoms with van der Waals surface area (Å²) in [4.78, 5) is 16.2. The van der Waals surface area contributed by atoms with E-state index in [0.29, 0.717) is 5.92 Å². The number of rotatable bonds is 3. The quantitative estimate of drug-likeness (QED) is 0.855. The molecular formula is C14H22N4O. The maximum atomic E-state index is 11.3. The second kappa shape index (κ2) is 5.33. The first kappa shape index (κ1) is 12.7. The molecule has 1 aliphatic carbocycles. The standard InChI is InChI=1S/C14H22N4O/c15-13(19)9-18-12-6-7-16-8-11(12)17-14(18)10-4-2-1-3-5-10/h10,16H,1-9H2,(H2,15,19). The zero-order chi connectivity index (χ0) is 13.2. The van der Waals surface area contributed by atoms with Gasteiger partial charge < -0.3 is 15.6 Å². The number of fused-ring (bicyclic) bond motifs is 1. The van der Waals surface area contributed by atoms with Crippen molar-refractivity contribution in [3.8, 4) is 0 Å². The SMILES string of the molecule is NC(=O)Cn1c(C2CCCCC2)nc2c1CCNC2. The van der Waals surface area contributed by atoms with Crippen molar-refractivity contribution in [2.24, 2.45) is 5.73 Å². The van der Waals surface area contributed by atoms with Crippen molar-refractivity contribution in [1.29, 1.82) is 0 Å². The molecule has 5 heteroatoms. The number of carbonyl (C=O) groups is 1. The number of amides is 1. The highest BCUT2D eigenvalue weighted by Gasteiger charge is 2.26. The van der Waals surface area contributed by atoms with Gasteiger partial charge in [-0.2, -0.15) is 0 Å². The van der Waals surface area contributed by atoms with E-state index in [1.54, 1.807) is 0 Å². The smallest absolute Gasteiger partial charge is 0.237 e. The molecule has 2 aliphatic rings. The molecule has 104 valence electrons. The third-order valence-corrected chi connectivity index (χ3v) is 4.30. The predicted octanol–water partition coefficient (Wildman–Crippen LogP) is 1.06. The van der Waals surface area contributed by atoms with Gasteiger partial charge in [0.15, 0.2) is 0 Å². The Labute approximate surface area is 113 Å². The molecule has 0 saturated heterocycles. The zero-order valence-electron chi connectivity index (χ0n) is 11.3. The van der Waals surface area contributed by atoms with Gasteiger partial charge >= 0.3 is 0 Å². The van der Waals surface area contributed by atoms with Gasteiger partial charge in [-0.1, -0.05) is 19.3 Å². The fourth-order valence-corrected chi connectivity index (χ4v) is 3.40. The van der Waals surface area contributed by atoms with E-state index in [1.165, 1.54) is 37.8 Å². The lowest BCUT2D eigenvalue weighted by molar-refractivity contribution is -0.118. The number of nitrogens with one attached hydrogen (secondary N) is 1. The fraction of sp³-hybridized carbons (Fsp3) is 0.714. The number of nitrogens with two attached hydrogens (primary N) is 1. The van der Waals surface area contributed by atoms with Crippen LogP contribution in [0.15, 0.2) is 0 Å². The number of nitrogens with zero attached hydrogens (tertiary/aromatic N) is 2. The molecule has 1 aromatic heterocycles. The lowest BCUT2D eigenvalue weighted by Crippen LogP contribution is -2.27. The molecule has 1 saturated carbocycles. The van der Waals surface area contributed by atoms with E-state index in [1.807, 2.05) is 0 Å². The molecule has 1 amide bonds. The monoisotopic (exact) mass is 262 g/mol. The molecule has 2 heterocycles. The molecule has 0 spiro atoms. The van der Waals surface area contributed by atoms with Crippen molar-refractivity contribution < 1.29 is 4.79 Å². The highest BCUT2D eigenvalue weighted by molar-refractivity contribution is 5.73. The van der Waals surface area contributed by atoms with Gasteiger partial charge in [-0.05, 0) is 12.8 Å². The Morgan fingerprint density at radius 2 is 2.16 bits per heavy atom. The molecule has 5 nitrogen and oxygen atoms in total. The number of carbonyl (C=O) groups excluding carboxylic acids is 1. The molecule has 1 aliphatic heterocycles. The van der Waals surface area contributed by atoms with Crippen molar-refractivity contribution in [3.63, 3.8) is 0 Å². The number of primary amides is 1. The predicted molar refractivity (Wildman–Crippen MR) is 72.7 cm³/mol. The van der Waals surface area contributed by atoms with Gasteiger partial charge in [-0.3, -0.25) is 4.79 Å². The molecule has 0 unspecified atom stereocenters. The second-order valence-corrected chi connectivity index (χ2v) is 5.68. The van der Waals surface area contributed by atoms with Gasteiger partial charge in [0.1, 0.15) is 12.4 Å².